The number of hydrogen-bond acceptors (Lipinski definition) is 6. The van der Waals surface area contributed by atoms with E-state index in [2.05, 4.69) is 36.1 Å². The molecule has 1 aliphatic rings. The molecule has 10 heteroatoms. The van der Waals surface area contributed by atoms with Crippen LogP contribution in [-0.2, 0) is 11.1 Å². The number of furan rings is 1. The molecular weight excluding hydrogens is 542 g/mol. The predicted octanol–water partition coefficient (Wildman–Crippen LogP) is 7.00. The molecule has 0 amide bonds. The molecule has 0 unspecified atom stereocenters. The summed E-state index contributed by atoms with van der Waals surface area (Å²) in [5.41, 5.74) is 1.80. The van der Waals surface area contributed by atoms with Crippen LogP contribution in [0.4, 0.5) is 15.9 Å². The van der Waals surface area contributed by atoms with Gasteiger partial charge in [-0.2, -0.15) is 0 Å². The molecule has 2 aromatic carbocycles. The van der Waals surface area contributed by atoms with Crippen LogP contribution in [0.2, 0.25) is 5.02 Å². The maximum atomic E-state index is 14.6. The first kappa shape index (κ1) is 23.5. The summed E-state index contributed by atoms with van der Waals surface area (Å²) in [6.45, 7) is 4.22. The molecule has 3 heterocycles. The van der Waals surface area contributed by atoms with Crippen LogP contribution in [0, 0.1) is 5.82 Å². The summed E-state index contributed by atoms with van der Waals surface area (Å²) in [7, 11) is -1.96. The number of nitrogens with one attached hydrogen (secondary N) is 1. The molecule has 1 saturated heterocycles. The van der Waals surface area contributed by atoms with Crippen LogP contribution >= 0.6 is 34.7 Å². The highest BCUT2D eigenvalue weighted by Crippen LogP contribution is 2.43. The van der Waals surface area contributed by atoms with Crippen LogP contribution in [-0.4, -0.2) is 46.9 Å². The monoisotopic (exact) mass is 562 g/mol. The van der Waals surface area contributed by atoms with Gasteiger partial charge in [0.25, 0.3) is 0 Å². The van der Waals surface area contributed by atoms with Crippen molar-refractivity contribution in [2.75, 3.05) is 37.4 Å². The Kier molecular flexibility index (Phi) is 6.51. The minimum atomic E-state index is -1.96. The van der Waals surface area contributed by atoms with Crippen molar-refractivity contribution in [3.63, 3.8) is 0 Å². The van der Waals surface area contributed by atoms with Crippen molar-refractivity contribution in [2.24, 2.45) is 0 Å². The van der Waals surface area contributed by atoms with E-state index in [-0.39, 0.29) is 10.7 Å². The van der Waals surface area contributed by atoms with Gasteiger partial charge in [0.1, 0.15) is 23.7 Å². The molecule has 0 radical (unpaired) electrons. The number of hydrogen-bond donors (Lipinski definition) is 1. The van der Waals surface area contributed by atoms with Gasteiger partial charge in [0.15, 0.2) is 5.82 Å². The zero-order valence-electron chi connectivity index (χ0n) is 18.4. The fourth-order valence-corrected chi connectivity index (χ4v) is 6.09. The predicted molar refractivity (Wildman–Crippen MR) is 138 cm³/mol. The van der Waals surface area contributed by atoms with Gasteiger partial charge in [0.2, 0.25) is 0 Å². The van der Waals surface area contributed by atoms with Gasteiger partial charge in [-0.25, -0.2) is 14.4 Å². The van der Waals surface area contributed by atoms with Crippen LogP contribution in [0.5, 0.6) is 0 Å². The highest BCUT2D eigenvalue weighted by atomic mass is 79.9. The summed E-state index contributed by atoms with van der Waals surface area (Å²) in [4.78, 5) is 10.9. The molecule has 6 nitrogen and oxygen atoms in total. The van der Waals surface area contributed by atoms with Gasteiger partial charge in [-0.3, -0.25) is 4.90 Å². The lowest BCUT2D eigenvalue weighted by Gasteiger charge is -2.29. The maximum Gasteiger partial charge on any atom is 0.166 e. The van der Waals surface area contributed by atoms with Crippen LogP contribution in [0.3, 0.4) is 0 Å². The van der Waals surface area contributed by atoms with Crippen LogP contribution in [0.25, 0.3) is 22.2 Å². The van der Waals surface area contributed by atoms with E-state index in [0.29, 0.717) is 22.4 Å². The van der Waals surface area contributed by atoms with E-state index in [0.717, 1.165) is 47.9 Å². The first-order chi connectivity index (χ1) is 16.3. The quantitative estimate of drug-likeness (QED) is 0.208. The fourth-order valence-electron chi connectivity index (χ4n) is 3.99. The van der Waals surface area contributed by atoms with Crippen molar-refractivity contribution in [3.8, 4) is 11.3 Å². The average molecular weight is 564 g/mol. The molecule has 1 N–H and O–H groups in total. The number of fused-ring (bicyclic) bond motifs is 1. The van der Waals surface area contributed by atoms with E-state index in [1.165, 1.54) is 6.33 Å². The molecule has 1 fully saturated rings. The maximum absolute atomic E-state index is 14.6. The van der Waals surface area contributed by atoms with E-state index in [1.807, 2.05) is 37.0 Å². The van der Waals surface area contributed by atoms with E-state index in [9.17, 15) is 8.96 Å². The van der Waals surface area contributed by atoms with Gasteiger partial charge >= 0.3 is 0 Å². The number of aromatic nitrogens is 2. The Morgan fingerprint density at radius 3 is 2.76 bits per heavy atom. The number of rotatable bonds is 5. The second-order valence-corrected chi connectivity index (χ2v) is 13.3. The van der Waals surface area contributed by atoms with Crippen molar-refractivity contribution in [1.82, 2.24) is 14.9 Å². The SMILES string of the molecule is CP1(=O)CCN(Cc2ccc(-c3ccc4ncnc(Nc5ccc(Br)c(Cl)c5F)c4c3)o2)CC1. The van der Waals surface area contributed by atoms with Crippen molar-refractivity contribution in [2.45, 2.75) is 6.54 Å². The first-order valence-electron chi connectivity index (χ1n) is 10.8. The van der Waals surface area contributed by atoms with Crippen molar-refractivity contribution < 1.29 is 13.4 Å². The smallest absolute Gasteiger partial charge is 0.166 e. The molecule has 34 heavy (non-hydrogen) atoms. The van der Waals surface area contributed by atoms with Gasteiger partial charge < -0.3 is 14.3 Å². The number of halogens is 3. The summed E-state index contributed by atoms with van der Waals surface area (Å²) in [5, 5.41) is 3.77. The minimum absolute atomic E-state index is 0.00243. The van der Waals surface area contributed by atoms with Gasteiger partial charge in [-0.15, -0.1) is 0 Å². The Morgan fingerprint density at radius 2 is 1.97 bits per heavy atom. The van der Waals surface area contributed by atoms with Crippen molar-refractivity contribution >= 4 is 57.1 Å². The lowest BCUT2D eigenvalue weighted by atomic mass is 10.1. The zero-order valence-corrected chi connectivity index (χ0v) is 21.6. The van der Waals surface area contributed by atoms with Crippen molar-refractivity contribution in [1.29, 1.82) is 0 Å². The zero-order chi connectivity index (χ0) is 23.9. The summed E-state index contributed by atoms with van der Waals surface area (Å²) in [5.74, 6) is 1.49. The van der Waals surface area contributed by atoms with Crippen LogP contribution in [0.1, 0.15) is 5.76 Å². The van der Waals surface area contributed by atoms with E-state index in [4.69, 9.17) is 16.0 Å². The fraction of sp³-hybridized carbons (Fsp3) is 0.250. The Balaban J connectivity index is 1.40. The lowest BCUT2D eigenvalue weighted by molar-refractivity contribution is 0.263. The number of nitrogens with zero attached hydrogens (tertiary/aromatic N) is 3. The standard InChI is InChI=1S/C24H22BrClFN4O2P/c1-34(32)10-8-31(9-11-34)13-16-3-7-21(33-16)15-2-5-19-17(12-15)24(29-14-28-19)30-20-6-4-18(25)22(26)23(20)27/h2-7,12,14H,8-11,13H2,1H3,(H,28,29,30). The first-order valence-corrected chi connectivity index (χ1v) is 14.5. The van der Waals surface area contributed by atoms with Gasteiger partial charge in [-0.05, 0) is 65.1 Å². The number of anilines is 2. The van der Waals surface area contributed by atoms with Crippen molar-refractivity contribution in [3.05, 3.63) is 69.9 Å². The Bertz CT molecular complexity index is 1420. The minimum Gasteiger partial charge on any atom is -0.460 e. The third-order valence-electron chi connectivity index (χ3n) is 6.03. The summed E-state index contributed by atoms with van der Waals surface area (Å²) < 4.78 is 33.5. The largest absolute Gasteiger partial charge is 0.460 e. The normalized spacial score (nSPS) is 16.1. The number of benzene rings is 2. The molecule has 0 saturated carbocycles. The molecular formula is C24H22BrClFN4O2P. The third-order valence-corrected chi connectivity index (χ3v) is 9.58. The second-order valence-electron chi connectivity index (χ2n) is 8.59. The molecule has 0 atom stereocenters. The molecule has 176 valence electrons. The summed E-state index contributed by atoms with van der Waals surface area (Å²) in [6, 6.07) is 12.9. The Labute approximate surface area is 210 Å². The molecule has 5 rings (SSSR count). The van der Waals surface area contributed by atoms with Crippen LogP contribution in [0.15, 0.2) is 57.7 Å². The lowest BCUT2D eigenvalue weighted by Crippen LogP contribution is -2.33. The van der Waals surface area contributed by atoms with E-state index >= 15 is 0 Å². The highest BCUT2D eigenvalue weighted by Gasteiger charge is 2.24. The summed E-state index contributed by atoms with van der Waals surface area (Å²) >= 11 is 9.26. The molecule has 0 aliphatic carbocycles. The Morgan fingerprint density at radius 1 is 1.18 bits per heavy atom. The molecule has 2 aromatic heterocycles. The topological polar surface area (TPSA) is 71.3 Å². The summed E-state index contributed by atoms with van der Waals surface area (Å²) in [6.07, 6.45) is 2.94. The second kappa shape index (κ2) is 9.42. The van der Waals surface area contributed by atoms with E-state index < -0.39 is 13.0 Å². The van der Waals surface area contributed by atoms with E-state index in [1.54, 1.807) is 12.1 Å². The Hall–Kier alpha value is -2.25. The van der Waals surface area contributed by atoms with Gasteiger partial charge in [0.05, 0.1) is 29.9 Å². The molecule has 0 spiro atoms. The highest BCUT2D eigenvalue weighted by molar-refractivity contribution is 9.10. The molecule has 1 aliphatic heterocycles. The van der Waals surface area contributed by atoms with Crippen LogP contribution < -0.4 is 5.32 Å². The molecule has 0 bridgehead atoms. The van der Waals surface area contributed by atoms with Gasteiger partial charge in [-0.1, -0.05) is 11.6 Å². The molecule has 4 aromatic rings. The average Bonchev–Trinajstić information content (AvgIpc) is 3.29. The van der Waals surface area contributed by atoms with Gasteiger partial charge in [0, 0.05) is 40.8 Å². The third kappa shape index (κ3) is 4.91.